The Morgan fingerprint density at radius 1 is 0.765 bits per heavy atom. The molecule has 0 aliphatic carbocycles. The molecule has 34 heavy (non-hydrogen) atoms. The second-order valence-electron chi connectivity index (χ2n) is 7.91. The van der Waals surface area contributed by atoms with Gasteiger partial charge in [0.2, 0.25) is 0 Å². The lowest BCUT2D eigenvalue weighted by molar-refractivity contribution is 0.602. The Kier molecular flexibility index (Phi) is 10.5. The van der Waals surface area contributed by atoms with Crippen LogP contribution in [0.4, 0.5) is 0 Å². The Morgan fingerprint density at radius 2 is 1.26 bits per heavy atom. The fraction of sp³-hybridized carbons (Fsp3) is 0.360. The van der Waals surface area contributed by atoms with Crippen molar-refractivity contribution in [3.63, 3.8) is 0 Å². The van der Waals surface area contributed by atoms with Crippen LogP contribution < -0.4 is 5.73 Å². The van der Waals surface area contributed by atoms with Crippen molar-refractivity contribution in [2.75, 3.05) is 6.54 Å². The van der Waals surface area contributed by atoms with Crippen LogP contribution in [-0.4, -0.2) is 35.6 Å². The van der Waals surface area contributed by atoms with Crippen molar-refractivity contribution >= 4 is 23.2 Å². The summed E-state index contributed by atoms with van der Waals surface area (Å²) in [7, 11) is 0. The molecule has 4 aromatic rings. The molecule has 0 aromatic carbocycles. The summed E-state index contributed by atoms with van der Waals surface area (Å²) in [6, 6.07) is 3.55. The Labute approximate surface area is 211 Å². The number of pyridine rings is 2. The predicted molar refractivity (Wildman–Crippen MR) is 139 cm³/mol. The maximum absolute atomic E-state index is 6.11. The van der Waals surface area contributed by atoms with Crippen LogP contribution in [0.2, 0.25) is 10.0 Å². The van der Waals surface area contributed by atoms with Gasteiger partial charge in [0.05, 0.1) is 34.1 Å². The minimum absolute atomic E-state index is 0.673. The first-order valence-corrected chi connectivity index (χ1v) is 12.3. The van der Waals surface area contributed by atoms with E-state index in [0.29, 0.717) is 10.0 Å². The van der Waals surface area contributed by atoms with Crippen LogP contribution in [0.5, 0.6) is 0 Å². The van der Waals surface area contributed by atoms with Gasteiger partial charge in [0, 0.05) is 61.4 Å². The second-order valence-corrected chi connectivity index (χ2v) is 8.72. The first kappa shape index (κ1) is 25.9. The van der Waals surface area contributed by atoms with E-state index in [1.165, 1.54) is 19.3 Å². The van der Waals surface area contributed by atoms with E-state index in [0.717, 1.165) is 55.0 Å². The highest BCUT2D eigenvalue weighted by Gasteiger charge is 2.07. The van der Waals surface area contributed by atoms with Crippen molar-refractivity contribution in [1.82, 2.24) is 29.1 Å². The molecule has 4 rings (SSSR count). The fourth-order valence-corrected chi connectivity index (χ4v) is 3.76. The van der Waals surface area contributed by atoms with Gasteiger partial charge >= 0.3 is 0 Å². The van der Waals surface area contributed by atoms with Crippen LogP contribution in [0.3, 0.4) is 0 Å². The largest absolute Gasteiger partial charge is 0.337 e. The summed E-state index contributed by atoms with van der Waals surface area (Å²) < 4.78 is 4.16. The fourth-order valence-electron chi connectivity index (χ4n) is 3.36. The molecule has 0 aliphatic rings. The van der Waals surface area contributed by atoms with E-state index in [1.807, 2.05) is 29.6 Å². The van der Waals surface area contributed by atoms with Crippen molar-refractivity contribution in [2.24, 2.45) is 5.73 Å². The number of hydrogen-bond acceptors (Lipinski definition) is 5. The molecular formula is C25H31Cl2N7. The molecule has 7 nitrogen and oxygen atoms in total. The molecule has 0 aliphatic heterocycles. The van der Waals surface area contributed by atoms with E-state index in [9.17, 15) is 0 Å². The van der Waals surface area contributed by atoms with Crippen molar-refractivity contribution in [2.45, 2.75) is 52.1 Å². The summed E-state index contributed by atoms with van der Waals surface area (Å²) in [5.41, 5.74) is 8.96. The number of halogens is 2. The molecule has 4 aromatic heterocycles. The first-order valence-electron chi connectivity index (χ1n) is 11.6. The molecule has 0 unspecified atom stereocenters. The summed E-state index contributed by atoms with van der Waals surface area (Å²) in [4.78, 5) is 16.8. The van der Waals surface area contributed by atoms with Crippen molar-refractivity contribution in [3.05, 3.63) is 72.0 Å². The summed E-state index contributed by atoms with van der Waals surface area (Å²) in [5, 5.41) is 1.37. The van der Waals surface area contributed by atoms with Gasteiger partial charge < -0.3 is 14.9 Å². The topological polar surface area (TPSA) is 87.4 Å². The highest BCUT2D eigenvalue weighted by atomic mass is 35.5. The number of aromatic nitrogens is 6. The average Bonchev–Trinajstić information content (AvgIpc) is 3.51. The van der Waals surface area contributed by atoms with Gasteiger partial charge in [-0.25, -0.2) is 9.97 Å². The van der Waals surface area contributed by atoms with Gasteiger partial charge in [0.15, 0.2) is 0 Å². The Bertz CT molecular complexity index is 1050. The number of imidazole rings is 2. The van der Waals surface area contributed by atoms with E-state index < -0.39 is 0 Å². The molecule has 0 saturated heterocycles. The zero-order valence-electron chi connectivity index (χ0n) is 19.4. The smallest absolute Gasteiger partial charge is 0.0953 e. The third-order valence-corrected chi connectivity index (χ3v) is 5.90. The van der Waals surface area contributed by atoms with Gasteiger partial charge in [0.25, 0.3) is 0 Å². The standard InChI is InChI=1S/C13H16ClN3.C12H15ClN4/c1-2-3-4-7-17-9-13(16-10-17)11-8-15-6-5-12(11)14;13-11-3-5-15-7-10(11)12-8-17(9-16-12)6-2-1-4-14/h5-6,8-10H,2-4,7H2,1H3;3,5,7-9H,1-2,4,6,14H2. The van der Waals surface area contributed by atoms with Crippen LogP contribution in [0, 0.1) is 0 Å². The molecule has 0 atom stereocenters. The maximum Gasteiger partial charge on any atom is 0.0953 e. The highest BCUT2D eigenvalue weighted by molar-refractivity contribution is 6.33. The van der Waals surface area contributed by atoms with E-state index in [2.05, 4.69) is 31.4 Å². The van der Waals surface area contributed by atoms with Crippen LogP contribution in [-0.2, 0) is 13.1 Å². The highest BCUT2D eigenvalue weighted by Crippen LogP contribution is 2.25. The molecule has 0 fully saturated rings. The number of rotatable bonds is 10. The first-order chi connectivity index (χ1) is 16.6. The normalized spacial score (nSPS) is 10.7. The predicted octanol–water partition coefficient (Wildman–Crippen LogP) is 6.13. The lowest BCUT2D eigenvalue weighted by Crippen LogP contribution is -2.01. The lowest BCUT2D eigenvalue weighted by Gasteiger charge is -2.00. The third-order valence-electron chi connectivity index (χ3n) is 5.24. The monoisotopic (exact) mass is 499 g/mol. The maximum atomic E-state index is 6.11. The van der Waals surface area contributed by atoms with Crippen LogP contribution in [0.1, 0.15) is 39.0 Å². The van der Waals surface area contributed by atoms with Crippen LogP contribution in [0.25, 0.3) is 22.5 Å². The zero-order valence-corrected chi connectivity index (χ0v) is 21.0. The Balaban J connectivity index is 0.000000191. The van der Waals surface area contributed by atoms with E-state index >= 15 is 0 Å². The quantitative estimate of drug-likeness (QED) is 0.265. The summed E-state index contributed by atoms with van der Waals surface area (Å²) in [6.45, 7) is 4.88. The SMILES string of the molecule is CCCCCn1cnc(-c2cnccc2Cl)c1.NCCCCn1cnc(-c2cnccc2Cl)c1. The lowest BCUT2D eigenvalue weighted by atomic mass is 10.2. The van der Waals surface area contributed by atoms with Gasteiger partial charge in [-0.15, -0.1) is 0 Å². The summed E-state index contributed by atoms with van der Waals surface area (Å²) >= 11 is 12.2. The molecule has 0 radical (unpaired) electrons. The number of aryl methyl sites for hydroxylation is 2. The van der Waals surface area contributed by atoms with Crippen LogP contribution >= 0.6 is 23.2 Å². The second kappa shape index (κ2) is 13.8. The average molecular weight is 500 g/mol. The van der Waals surface area contributed by atoms with E-state index in [-0.39, 0.29) is 0 Å². The van der Waals surface area contributed by atoms with Crippen molar-refractivity contribution < 1.29 is 0 Å². The van der Waals surface area contributed by atoms with Crippen molar-refractivity contribution in [3.8, 4) is 22.5 Å². The van der Waals surface area contributed by atoms with Gasteiger partial charge in [-0.3, -0.25) is 9.97 Å². The number of nitrogens with two attached hydrogens (primary N) is 1. The molecule has 180 valence electrons. The molecule has 9 heteroatoms. The van der Waals surface area contributed by atoms with Gasteiger partial charge in [-0.1, -0.05) is 43.0 Å². The molecule has 0 amide bonds. The summed E-state index contributed by atoms with van der Waals surface area (Å²) in [6.07, 6.45) is 20.3. The molecule has 0 spiro atoms. The minimum atomic E-state index is 0.673. The van der Waals surface area contributed by atoms with Crippen molar-refractivity contribution in [1.29, 1.82) is 0 Å². The van der Waals surface area contributed by atoms with E-state index in [4.69, 9.17) is 28.9 Å². The molecule has 0 saturated carbocycles. The number of nitrogens with zero attached hydrogens (tertiary/aromatic N) is 6. The third kappa shape index (κ3) is 7.65. The number of unbranched alkanes of at least 4 members (excludes halogenated alkanes) is 3. The molecule has 0 bridgehead atoms. The van der Waals surface area contributed by atoms with Gasteiger partial charge in [-0.2, -0.15) is 0 Å². The molecular weight excluding hydrogens is 469 g/mol. The van der Waals surface area contributed by atoms with Crippen LogP contribution in [0.15, 0.2) is 62.0 Å². The Hall–Kier alpha value is -2.74. The van der Waals surface area contributed by atoms with E-state index in [1.54, 1.807) is 36.9 Å². The molecule has 2 N–H and O–H groups in total. The minimum Gasteiger partial charge on any atom is -0.337 e. The van der Waals surface area contributed by atoms with Gasteiger partial charge in [-0.05, 0) is 37.9 Å². The zero-order chi connectivity index (χ0) is 24.2. The van der Waals surface area contributed by atoms with Gasteiger partial charge in [0.1, 0.15) is 0 Å². The summed E-state index contributed by atoms with van der Waals surface area (Å²) in [5.74, 6) is 0. The molecule has 4 heterocycles. The Morgan fingerprint density at radius 3 is 1.71 bits per heavy atom. The number of hydrogen-bond donors (Lipinski definition) is 1.